The Kier molecular flexibility index (Phi) is 4.44. The third-order valence-electron chi connectivity index (χ3n) is 4.18. The fourth-order valence-electron chi connectivity index (χ4n) is 2.87. The summed E-state index contributed by atoms with van der Waals surface area (Å²) in [6.07, 6.45) is 4.48. The molecule has 0 aliphatic rings. The molecule has 2 heterocycles. The van der Waals surface area contributed by atoms with Crippen LogP contribution in [0.15, 0.2) is 61.1 Å². The summed E-state index contributed by atoms with van der Waals surface area (Å²) in [5.74, 6) is -1.26. The topological polar surface area (TPSA) is 85.8 Å². The van der Waals surface area contributed by atoms with Gasteiger partial charge in [-0.2, -0.15) is 5.10 Å². The summed E-state index contributed by atoms with van der Waals surface area (Å²) in [4.78, 5) is 16.3. The van der Waals surface area contributed by atoms with E-state index in [4.69, 9.17) is 5.73 Å². The second-order valence-corrected chi connectivity index (χ2v) is 6.30. The fourth-order valence-corrected chi connectivity index (χ4v) is 2.87. The highest BCUT2D eigenvalue weighted by Crippen LogP contribution is 2.21. The summed E-state index contributed by atoms with van der Waals surface area (Å²) in [7, 11) is 0. The average Bonchev–Trinajstić information content (AvgIpc) is 3.05. The molecule has 0 fully saturated rings. The summed E-state index contributed by atoms with van der Waals surface area (Å²) < 4.78 is 28.1. The second-order valence-electron chi connectivity index (χ2n) is 6.30. The largest absolute Gasteiger partial charge is 0.397 e. The number of amides is 1. The first-order valence-corrected chi connectivity index (χ1v) is 8.41. The number of nitrogens with two attached hydrogens (primary N) is 1. The van der Waals surface area contributed by atoms with E-state index in [-0.39, 0.29) is 11.6 Å². The van der Waals surface area contributed by atoms with Gasteiger partial charge in [0, 0.05) is 23.3 Å². The number of anilines is 2. The first-order valence-electron chi connectivity index (χ1n) is 8.41. The molecule has 8 heteroatoms. The second kappa shape index (κ2) is 7.07. The number of hydrogen-bond acceptors (Lipinski definition) is 4. The quantitative estimate of drug-likeness (QED) is 0.531. The van der Waals surface area contributed by atoms with Crippen molar-refractivity contribution in [1.82, 2.24) is 14.8 Å². The number of nitrogens with zero attached hydrogens (tertiary/aromatic N) is 3. The Balaban J connectivity index is 1.56. The zero-order valence-electron chi connectivity index (χ0n) is 14.6. The number of carbonyl (C=O) groups excluding carboxylic acids is 1. The number of fused-ring (bicyclic) bond motifs is 1. The standard InChI is InChI=1S/C20H15F2N5O/c21-15-2-4-19(17(23)7-15)25-20(28)13-1-3-18-14(6-13)11-27(26-18)10-12-5-16(22)9-24-8-12/h1-9,11H,10,23H2,(H,25,28). The van der Waals surface area contributed by atoms with Crippen LogP contribution in [0.25, 0.3) is 10.9 Å². The van der Waals surface area contributed by atoms with Crippen molar-refractivity contribution in [3.05, 3.63) is 83.8 Å². The number of pyridine rings is 1. The van der Waals surface area contributed by atoms with Gasteiger partial charge in [-0.05, 0) is 48.0 Å². The molecule has 0 saturated heterocycles. The van der Waals surface area contributed by atoms with Gasteiger partial charge in [0.05, 0.1) is 29.6 Å². The third kappa shape index (κ3) is 3.66. The molecule has 3 N–H and O–H groups in total. The average molecular weight is 379 g/mol. The number of nitrogens with one attached hydrogen (secondary N) is 1. The molecule has 6 nitrogen and oxygen atoms in total. The lowest BCUT2D eigenvalue weighted by Crippen LogP contribution is -2.13. The monoisotopic (exact) mass is 379 g/mol. The van der Waals surface area contributed by atoms with E-state index in [1.165, 1.54) is 18.2 Å². The van der Waals surface area contributed by atoms with Crippen molar-refractivity contribution < 1.29 is 13.6 Å². The summed E-state index contributed by atoms with van der Waals surface area (Å²) in [5, 5.41) is 7.84. The van der Waals surface area contributed by atoms with E-state index in [0.717, 1.165) is 17.6 Å². The van der Waals surface area contributed by atoms with Crippen LogP contribution in [-0.2, 0) is 6.54 Å². The molecule has 1 amide bonds. The maximum atomic E-state index is 13.3. The molecule has 0 saturated carbocycles. The van der Waals surface area contributed by atoms with Crippen molar-refractivity contribution in [3.8, 4) is 0 Å². The molecule has 4 aromatic rings. The van der Waals surface area contributed by atoms with Crippen LogP contribution in [0.5, 0.6) is 0 Å². The van der Waals surface area contributed by atoms with Gasteiger partial charge in [-0.15, -0.1) is 0 Å². The fraction of sp³-hybridized carbons (Fsp3) is 0.0500. The Labute approximate surface area is 158 Å². The Morgan fingerprint density at radius 3 is 2.71 bits per heavy atom. The number of hydrogen-bond donors (Lipinski definition) is 2. The summed E-state index contributed by atoms with van der Waals surface area (Å²) in [6.45, 7) is 0.354. The van der Waals surface area contributed by atoms with Gasteiger partial charge in [0.25, 0.3) is 5.91 Å². The SMILES string of the molecule is Nc1cc(F)ccc1NC(=O)c1ccc2nn(Cc3cncc(F)c3)cc2c1. The van der Waals surface area contributed by atoms with E-state index in [2.05, 4.69) is 15.4 Å². The van der Waals surface area contributed by atoms with Crippen molar-refractivity contribution in [2.24, 2.45) is 0 Å². The number of nitrogen functional groups attached to an aromatic ring is 1. The van der Waals surface area contributed by atoms with Gasteiger partial charge in [-0.3, -0.25) is 14.5 Å². The zero-order chi connectivity index (χ0) is 19.7. The van der Waals surface area contributed by atoms with E-state index < -0.39 is 11.6 Å². The zero-order valence-corrected chi connectivity index (χ0v) is 14.6. The van der Waals surface area contributed by atoms with Crippen LogP contribution in [0, 0.1) is 11.6 Å². The van der Waals surface area contributed by atoms with Crippen LogP contribution in [0.2, 0.25) is 0 Å². The molecule has 0 aliphatic heterocycles. The van der Waals surface area contributed by atoms with Gasteiger partial charge in [-0.1, -0.05) is 0 Å². The maximum Gasteiger partial charge on any atom is 0.255 e. The summed E-state index contributed by atoms with van der Waals surface area (Å²) >= 11 is 0. The van der Waals surface area contributed by atoms with E-state index >= 15 is 0 Å². The highest BCUT2D eigenvalue weighted by molar-refractivity contribution is 6.07. The van der Waals surface area contributed by atoms with Crippen molar-refractivity contribution in [1.29, 1.82) is 0 Å². The molecule has 0 aliphatic carbocycles. The molecular formula is C20H15F2N5O. The Morgan fingerprint density at radius 1 is 1.07 bits per heavy atom. The molecule has 0 radical (unpaired) electrons. The van der Waals surface area contributed by atoms with Gasteiger partial charge in [-0.25, -0.2) is 8.78 Å². The van der Waals surface area contributed by atoms with Crippen LogP contribution < -0.4 is 11.1 Å². The number of carbonyl (C=O) groups is 1. The van der Waals surface area contributed by atoms with Crippen molar-refractivity contribution in [3.63, 3.8) is 0 Å². The highest BCUT2D eigenvalue weighted by Gasteiger charge is 2.11. The number of benzene rings is 2. The lowest BCUT2D eigenvalue weighted by Gasteiger charge is -2.08. The lowest BCUT2D eigenvalue weighted by molar-refractivity contribution is 0.102. The Bertz CT molecular complexity index is 1190. The first-order chi connectivity index (χ1) is 13.5. The molecule has 2 aromatic carbocycles. The van der Waals surface area contributed by atoms with Crippen LogP contribution in [0.3, 0.4) is 0 Å². The Morgan fingerprint density at radius 2 is 1.93 bits per heavy atom. The molecule has 2 aromatic heterocycles. The number of aromatic nitrogens is 3. The number of halogens is 2. The van der Waals surface area contributed by atoms with Gasteiger partial charge < -0.3 is 11.1 Å². The molecule has 0 bridgehead atoms. The van der Waals surface area contributed by atoms with E-state index in [1.807, 2.05) is 0 Å². The molecule has 0 atom stereocenters. The van der Waals surface area contributed by atoms with Crippen LogP contribution in [0.4, 0.5) is 20.2 Å². The van der Waals surface area contributed by atoms with Crippen LogP contribution >= 0.6 is 0 Å². The van der Waals surface area contributed by atoms with Gasteiger partial charge >= 0.3 is 0 Å². The third-order valence-corrected chi connectivity index (χ3v) is 4.18. The minimum atomic E-state index is -0.474. The van der Waals surface area contributed by atoms with Crippen LogP contribution in [-0.4, -0.2) is 20.7 Å². The predicted molar refractivity (Wildman–Crippen MR) is 102 cm³/mol. The summed E-state index contributed by atoms with van der Waals surface area (Å²) in [5.41, 5.74) is 7.98. The normalized spacial score (nSPS) is 10.9. The first kappa shape index (κ1) is 17.6. The predicted octanol–water partition coefficient (Wildman–Crippen LogP) is 3.59. The van der Waals surface area contributed by atoms with Gasteiger partial charge in [0.15, 0.2) is 0 Å². The number of rotatable bonds is 4. The van der Waals surface area contributed by atoms with E-state index in [9.17, 15) is 13.6 Å². The van der Waals surface area contributed by atoms with Crippen molar-refractivity contribution >= 4 is 28.2 Å². The van der Waals surface area contributed by atoms with E-state index in [1.54, 1.807) is 35.3 Å². The maximum absolute atomic E-state index is 13.3. The molecule has 0 unspecified atom stereocenters. The molecular weight excluding hydrogens is 364 g/mol. The Hall–Kier alpha value is -3.81. The highest BCUT2D eigenvalue weighted by atomic mass is 19.1. The smallest absolute Gasteiger partial charge is 0.255 e. The minimum Gasteiger partial charge on any atom is -0.397 e. The molecule has 0 spiro atoms. The molecule has 140 valence electrons. The van der Waals surface area contributed by atoms with Crippen molar-refractivity contribution in [2.75, 3.05) is 11.1 Å². The van der Waals surface area contributed by atoms with Gasteiger partial charge in [0.1, 0.15) is 11.6 Å². The van der Waals surface area contributed by atoms with E-state index in [0.29, 0.717) is 28.9 Å². The molecule has 28 heavy (non-hydrogen) atoms. The summed E-state index contributed by atoms with van der Waals surface area (Å²) in [6, 6.07) is 10.2. The minimum absolute atomic E-state index is 0.144. The van der Waals surface area contributed by atoms with Gasteiger partial charge in [0.2, 0.25) is 0 Å². The lowest BCUT2D eigenvalue weighted by atomic mass is 10.1. The van der Waals surface area contributed by atoms with Crippen LogP contribution in [0.1, 0.15) is 15.9 Å². The molecule has 4 rings (SSSR count). The van der Waals surface area contributed by atoms with Crippen molar-refractivity contribution in [2.45, 2.75) is 6.54 Å².